The quantitative estimate of drug-likeness (QED) is 0.854. The molecule has 3 nitrogen and oxygen atoms in total. The molecular weight excluding hydrogens is 280 g/mol. The number of rotatable bonds is 2. The van der Waals surface area contributed by atoms with Crippen LogP contribution in [0.15, 0.2) is 35.7 Å². The van der Waals surface area contributed by atoms with E-state index in [1.54, 1.807) is 11.3 Å². The number of nitrogens with zero attached hydrogens (tertiary/aromatic N) is 1. The molecule has 2 heterocycles. The molecule has 1 aromatic carbocycles. The largest absolute Gasteiger partial charge is 0.322 e. The van der Waals surface area contributed by atoms with Crippen LogP contribution in [0.25, 0.3) is 0 Å². The molecule has 0 saturated carbocycles. The lowest BCUT2D eigenvalue weighted by molar-refractivity contribution is 0.208. The minimum atomic E-state index is 0.0135. The molecule has 0 spiro atoms. The highest BCUT2D eigenvalue weighted by Gasteiger charge is 2.30. The molecule has 21 heavy (non-hydrogen) atoms. The number of aryl methyl sites for hydroxylation is 2. The number of carbonyl (C=O) groups is 1. The van der Waals surface area contributed by atoms with E-state index in [0.717, 1.165) is 36.2 Å². The summed E-state index contributed by atoms with van der Waals surface area (Å²) in [5, 5.41) is 5.15. The number of amides is 2. The van der Waals surface area contributed by atoms with Crippen molar-refractivity contribution in [1.29, 1.82) is 0 Å². The third kappa shape index (κ3) is 2.95. The average molecular weight is 300 g/mol. The molecule has 2 aromatic rings. The second-order valence-electron chi connectivity index (χ2n) is 5.62. The number of nitrogens with one attached hydrogen (secondary N) is 1. The summed E-state index contributed by atoms with van der Waals surface area (Å²) in [6, 6.07) is 10.6. The van der Waals surface area contributed by atoms with Gasteiger partial charge in [-0.15, -0.1) is 11.3 Å². The molecule has 1 aromatic heterocycles. The third-order valence-corrected chi connectivity index (χ3v) is 4.99. The van der Waals surface area contributed by atoms with Crippen LogP contribution in [0.3, 0.4) is 0 Å². The second-order valence-corrected chi connectivity index (χ2v) is 6.59. The van der Waals surface area contributed by atoms with E-state index in [9.17, 15) is 4.79 Å². The SMILES string of the molecule is Cc1ccc(C)c(NC(=O)N2CCCC2c2cccs2)c1. The van der Waals surface area contributed by atoms with E-state index in [1.807, 2.05) is 30.9 Å². The summed E-state index contributed by atoms with van der Waals surface area (Å²) < 4.78 is 0. The lowest BCUT2D eigenvalue weighted by Gasteiger charge is -2.24. The van der Waals surface area contributed by atoms with Crippen molar-refractivity contribution < 1.29 is 4.79 Å². The number of anilines is 1. The monoisotopic (exact) mass is 300 g/mol. The molecule has 1 unspecified atom stereocenters. The van der Waals surface area contributed by atoms with Gasteiger partial charge in [-0.2, -0.15) is 0 Å². The van der Waals surface area contributed by atoms with Gasteiger partial charge in [0.15, 0.2) is 0 Å². The Balaban J connectivity index is 1.77. The Labute approximate surface area is 129 Å². The first-order valence-electron chi connectivity index (χ1n) is 7.33. The van der Waals surface area contributed by atoms with Crippen LogP contribution in [0.1, 0.15) is 34.9 Å². The number of benzene rings is 1. The van der Waals surface area contributed by atoms with Crippen molar-refractivity contribution >= 4 is 23.1 Å². The van der Waals surface area contributed by atoms with Crippen LogP contribution in [0.4, 0.5) is 10.5 Å². The normalized spacial score (nSPS) is 18.0. The van der Waals surface area contributed by atoms with E-state index in [4.69, 9.17) is 0 Å². The van der Waals surface area contributed by atoms with Crippen LogP contribution >= 0.6 is 11.3 Å². The highest BCUT2D eigenvalue weighted by atomic mass is 32.1. The van der Waals surface area contributed by atoms with Crippen molar-refractivity contribution in [2.24, 2.45) is 0 Å². The first-order chi connectivity index (χ1) is 10.1. The molecule has 0 radical (unpaired) electrons. The zero-order valence-corrected chi connectivity index (χ0v) is 13.2. The Morgan fingerprint density at radius 1 is 1.33 bits per heavy atom. The lowest BCUT2D eigenvalue weighted by atomic mass is 10.1. The molecule has 2 amide bonds. The molecule has 1 saturated heterocycles. The van der Waals surface area contributed by atoms with E-state index < -0.39 is 0 Å². The van der Waals surface area contributed by atoms with E-state index in [0.29, 0.717) is 0 Å². The Bertz CT molecular complexity index is 636. The Morgan fingerprint density at radius 3 is 2.95 bits per heavy atom. The number of urea groups is 1. The molecule has 1 N–H and O–H groups in total. The van der Waals surface area contributed by atoms with Gasteiger partial charge < -0.3 is 10.2 Å². The maximum Gasteiger partial charge on any atom is 0.322 e. The summed E-state index contributed by atoms with van der Waals surface area (Å²) in [6.45, 7) is 4.90. The van der Waals surface area contributed by atoms with Gasteiger partial charge in [0.2, 0.25) is 0 Å². The van der Waals surface area contributed by atoms with Crippen LogP contribution in [0, 0.1) is 13.8 Å². The van der Waals surface area contributed by atoms with Crippen molar-refractivity contribution in [3.63, 3.8) is 0 Å². The maximum atomic E-state index is 12.6. The van der Waals surface area contributed by atoms with Gasteiger partial charge in [0, 0.05) is 17.1 Å². The zero-order valence-electron chi connectivity index (χ0n) is 12.4. The van der Waals surface area contributed by atoms with Crippen LogP contribution in [0.5, 0.6) is 0 Å². The van der Waals surface area contributed by atoms with Gasteiger partial charge in [0.05, 0.1) is 6.04 Å². The Kier molecular flexibility index (Phi) is 3.97. The highest BCUT2D eigenvalue weighted by molar-refractivity contribution is 7.10. The zero-order chi connectivity index (χ0) is 14.8. The van der Waals surface area contributed by atoms with E-state index in [-0.39, 0.29) is 12.1 Å². The summed E-state index contributed by atoms with van der Waals surface area (Å²) in [6.07, 6.45) is 2.13. The number of carbonyl (C=O) groups excluding carboxylic acids is 1. The van der Waals surface area contributed by atoms with Gasteiger partial charge in [-0.3, -0.25) is 0 Å². The topological polar surface area (TPSA) is 32.3 Å². The molecule has 1 aliphatic heterocycles. The fraction of sp³-hybridized carbons (Fsp3) is 0.353. The van der Waals surface area contributed by atoms with Crippen LogP contribution in [-0.4, -0.2) is 17.5 Å². The van der Waals surface area contributed by atoms with Gasteiger partial charge >= 0.3 is 6.03 Å². The third-order valence-electron chi connectivity index (χ3n) is 4.02. The standard InChI is InChI=1S/C17H20N2OS/c1-12-7-8-13(2)14(11-12)18-17(20)19-9-3-5-15(19)16-6-4-10-21-16/h4,6-8,10-11,15H,3,5,9H2,1-2H3,(H,18,20). The first kappa shape index (κ1) is 14.1. The van der Waals surface area contributed by atoms with E-state index in [1.165, 1.54) is 4.88 Å². The van der Waals surface area contributed by atoms with Crippen molar-refractivity contribution in [3.8, 4) is 0 Å². The van der Waals surface area contributed by atoms with E-state index >= 15 is 0 Å². The predicted molar refractivity (Wildman–Crippen MR) is 87.9 cm³/mol. The average Bonchev–Trinajstić information content (AvgIpc) is 3.12. The van der Waals surface area contributed by atoms with E-state index in [2.05, 4.69) is 28.9 Å². The molecule has 0 aliphatic carbocycles. The minimum absolute atomic E-state index is 0.0135. The summed E-state index contributed by atoms with van der Waals surface area (Å²) in [5.74, 6) is 0. The summed E-state index contributed by atoms with van der Waals surface area (Å²) in [4.78, 5) is 15.9. The molecular formula is C17H20N2OS. The lowest BCUT2D eigenvalue weighted by Crippen LogP contribution is -2.34. The fourth-order valence-electron chi connectivity index (χ4n) is 2.84. The summed E-state index contributed by atoms with van der Waals surface area (Å²) in [7, 11) is 0. The van der Waals surface area contributed by atoms with Crippen LogP contribution in [0.2, 0.25) is 0 Å². The van der Waals surface area contributed by atoms with Gasteiger partial charge in [-0.25, -0.2) is 4.79 Å². The van der Waals surface area contributed by atoms with Crippen molar-refractivity contribution in [2.45, 2.75) is 32.7 Å². The number of thiophene rings is 1. The molecule has 4 heteroatoms. The first-order valence-corrected chi connectivity index (χ1v) is 8.21. The van der Waals surface area contributed by atoms with Gasteiger partial charge in [0.1, 0.15) is 0 Å². The Hall–Kier alpha value is -1.81. The van der Waals surface area contributed by atoms with Crippen molar-refractivity contribution in [1.82, 2.24) is 4.90 Å². The van der Waals surface area contributed by atoms with Crippen LogP contribution < -0.4 is 5.32 Å². The molecule has 110 valence electrons. The van der Waals surface area contributed by atoms with Gasteiger partial charge in [-0.05, 0) is 55.3 Å². The van der Waals surface area contributed by atoms with Crippen molar-refractivity contribution in [3.05, 3.63) is 51.7 Å². The summed E-state index contributed by atoms with van der Waals surface area (Å²) >= 11 is 1.73. The van der Waals surface area contributed by atoms with Crippen LogP contribution in [-0.2, 0) is 0 Å². The van der Waals surface area contributed by atoms with Crippen molar-refractivity contribution in [2.75, 3.05) is 11.9 Å². The maximum absolute atomic E-state index is 12.6. The molecule has 1 atom stereocenters. The number of hydrogen-bond donors (Lipinski definition) is 1. The molecule has 1 aliphatic rings. The second kappa shape index (κ2) is 5.90. The van der Waals surface area contributed by atoms with Gasteiger partial charge in [-0.1, -0.05) is 18.2 Å². The molecule has 0 bridgehead atoms. The smallest absolute Gasteiger partial charge is 0.317 e. The molecule has 3 rings (SSSR count). The van der Waals surface area contributed by atoms with Gasteiger partial charge in [0.25, 0.3) is 0 Å². The Morgan fingerprint density at radius 2 is 2.19 bits per heavy atom. The summed E-state index contributed by atoms with van der Waals surface area (Å²) in [5.41, 5.74) is 3.17. The molecule has 1 fully saturated rings. The minimum Gasteiger partial charge on any atom is -0.317 e. The highest BCUT2D eigenvalue weighted by Crippen LogP contribution is 2.35. The number of likely N-dealkylation sites (tertiary alicyclic amines) is 1. The predicted octanol–water partition coefficient (Wildman–Crippen LogP) is 4.73. The fourth-order valence-corrected chi connectivity index (χ4v) is 3.72. The number of hydrogen-bond acceptors (Lipinski definition) is 2.